The first-order valence-corrected chi connectivity index (χ1v) is 7.10. The second-order valence-electron chi connectivity index (χ2n) is 4.06. The largest absolute Gasteiger partial charge is 0.452 e. The molecular formula is C14H9BrO2S. The fourth-order valence-electron chi connectivity index (χ4n) is 1.87. The van der Waals surface area contributed by atoms with Crippen LogP contribution in [0.1, 0.15) is 21.0 Å². The summed E-state index contributed by atoms with van der Waals surface area (Å²) in [7, 11) is 0. The average Bonchev–Trinajstić information content (AvgIpc) is 2.95. The number of rotatable bonds is 2. The highest BCUT2D eigenvalue weighted by atomic mass is 79.9. The fourth-order valence-corrected chi connectivity index (χ4v) is 3.25. The third-order valence-electron chi connectivity index (χ3n) is 2.76. The van der Waals surface area contributed by atoms with Crippen LogP contribution in [0.5, 0.6) is 0 Å². The van der Waals surface area contributed by atoms with E-state index in [2.05, 4.69) is 15.9 Å². The summed E-state index contributed by atoms with van der Waals surface area (Å²) in [6.07, 6.45) is 0. The van der Waals surface area contributed by atoms with Gasteiger partial charge in [0.15, 0.2) is 5.76 Å². The lowest BCUT2D eigenvalue weighted by Gasteiger charge is -1.93. The van der Waals surface area contributed by atoms with E-state index in [4.69, 9.17) is 4.42 Å². The first-order chi connectivity index (χ1) is 8.65. The molecule has 2 aromatic heterocycles. The van der Waals surface area contributed by atoms with E-state index in [1.165, 1.54) is 11.3 Å². The van der Waals surface area contributed by atoms with Gasteiger partial charge in [0.25, 0.3) is 0 Å². The average molecular weight is 321 g/mol. The maximum Gasteiger partial charge on any atom is 0.238 e. The molecule has 1 aromatic carbocycles. The van der Waals surface area contributed by atoms with Crippen LogP contribution < -0.4 is 0 Å². The lowest BCUT2D eigenvalue weighted by molar-refractivity contribution is 0.101. The Kier molecular flexibility index (Phi) is 2.84. The molecular weight excluding hydrogens is 312 g/mol. The maximum atomic E-state index is 12.2. The Hall–Kier alpha value is -1.39. The lowest BCUT2D eigenvalue weighted by Crippen LogP contribution is -1.95. The molecule has 18 heavy (non-hydrogen) atoms. The molecule has 0 atom stereocenters. The van der Waals surface area contributed by atoms with Gasteiger partial charge in [0, 0.05) is 15.2 Å². The Morgan fingerprint density at radius 3 is 2.83 bits per heavy atom. The predicted molar refractivity (Wildman–Crippen MR) is 76.4 cm³/mol. The van der Waals surface area contributed by atoms with Gasteiger partial charge >= 0.3 is 0 Å². The third-order valence-corrected chi connectivity index (χ3v) is 4.45. The van der Waals surface area contributed by atoms with Crippen molar-refractivity contribution in [3.8, 4) is 0 Å². The summed E-state index contributed by atoms with van der Waals surface area (Å²) >= 11 is 4.76. The normalized spacial score (nSPS) is 11.0. The van der Waals surface area contributed by atoms with E-state index >= 15 is 0 Å². The van der Waals surface area contributed by atoms with Crippen LogP contribution in [-0.4, -0.2) is 5.78 Å². The Morgan fingerprint density at radius 2 is 2.17 bits per heavy atom. The van der Waals surface area contributed by atoms with Crippen LogP contribution in [0, 0.1) is 6.92 Å². The Labute approximate surface area is 116 Å². The SMILES string of the molecule is Cc1cccc2cc(C(=O)c3cc(Br)cs3)oc12. The van der Waals surface area contributed by atoms with Crippen molar-refractivity contribution in [1.82, 2.24) is 0 Å². The van der Waals surface area contributed by atoms with Crippen molar-refractivity contribution >= 4 is 44.0 Å². The standard InChI is InChI=1S/C14H9BrO2S/c1-8-3-2-4-9-5-11(17-14(8)9)13(16)12-6-10(15)7-18-12/h2-7H,1H3. The minimum atomic E-state index is -0.0682. The summed E-state index contributed by atoms with van der Waals surface area (Å²) in [4.78, 5) is 12.9. The monoisotopic (exact) mass is 320 g/mol. The van der Waals surface area contributed by atoms with Crippen LogP contribution in [0.25, 0.3) is 11.0 Å². The molecule has 90 valence electrons. The van der Waals surface area contributed by atoms with Gasteiger partial charge in [-0.25, -0.2) is 0 Å². The lowest BCUT2D eigenvalue weighted by atomic mass is 10.1. The van der Waals surface area contributed by atoms with Gasteiger partial charge < -0.3 is 4.42 Å². The van der Waals surface area contributed by atoms with Crippen molar-refractivity contribution in [2.75, 3.05) is 0 Å². The summed E-state index contributed by atoms with van der Waals surface area (Å²) < 4.78 is 6.59. The van der Waals surface area contributed by atoms with Crippen molar-refractivity contribution in [2.45, 2.75) is 6.92 Å². The molecule has 0 aliphatic heterocycles. The van der Waals surface area contributed by atoms with Crippen molar-refractivity contribution in [3.63, 3.8) is 0 Å². The van der Waals surface area contributed by atoms with Crippen LogP contribution in [0.2, 0.25) is 0 Å². The van der Waals surface area contributed by atoms with Crippen LogP contribution in [0.15, 0.2) is 44.6 Å². The van der Waals surface area contributed by atoms with E-state index in [1.807, 2.05) is 36.6 Å². The van der Waals surface area contributed by atoms with Crippen LogP contribution in [-0.2, 0) is 0 Å². The van der Waals surface area contributed by atoms with E-state index < -0.39 is 0 Å². The second kappa shape index (κ2) is 4.37. The van der Waals surface area contributed by atoms with E-state index in [0.717, 1.165) is 21.0 Å². The third kappa shape index (κ3) is 1.91. The molecule has 4 heteroatoms. The highest BCUT2D eigenvalue weighted by Gasteiger charge is 2.16. The van der Waals surface area contributed by atoms with E-state index in [0.29, 0.717) is 10.6 Å². The van der Waals surface area contributed by atoms with Gasteiger partial charge in [-0.2, -0.15) is 0 Å². The molecule has 0 radical (unpaired) electrons. The molecule has 2 heterocycles. The minimum Gasteiger partial charge on any atom is -0.452 e. The summed E-state index contributed by atoms with van der Waals surface area (Å²) in [5, 5.41) is 2.86. The number of halogens is 1. The van der Waals surface area contributed by atoms with Crippen LogP contribution in [0.3, 0.4) is 0 Å². The first-order valence-electron chi connectivity index (χ1n) is 5.43. The highest BCUT2D eigenvalue weighted by molar-refractivity contribution is 9.10. The number of aryl methyl sites for hydroxylation is 1. The number of fused-ring (bicyclic) bond motifs is 1. The molecule has 0 aliphatic rings. The number of ketones is 1. The molecule has 0 fully saturated rings. The van der Waals surface area contributed by atoms with Gasteiger partial charge in [-0.1, -0.05) is 18.2 Å². The number of para-hydroxylation sites is 1. The zero-order chi connectivity index (χ0) is 12.7. The highest BCUT2D eigenvalue weighted by Crippen LogP contribution is 2.27. The summed E-state index contributed by atoms with van der Waals surface area (Å²) in [6.45, 7) is 1.97. The molecule has 0 saturated heterocycles. The molecule has 0 N–H and O–H groups in total. The smallest absolute Gasteiger partial charge is 0.238 e. The summed E-state index contributed by atoms with van der Waals surface area (Å²) in [5.41, 5.74) is 1.83. The van der Waals surface area contributed by atoms with Gasteiger partial charge in [-0.3, -0.25) is 4.79 Å². The Balaban J connectivity index is 2.10. The Bertz CT molecular complexity index is 739. The van der Waals surface area contributed by atoms with Crippen LogP contribution in [0.4, 0.5) is 0 Å². The number of hydrogen-bond donors (Lipinski definition) is 0. The van der Waals surface area contributed by atoms with Crippen molar-refractivity contribution in [1.29, 1.82) is 0 Å². The van der Waals surface area contributed by atoms with Crippen molar-refractivity contribution in [3.05, 3.63) is 56.4 Å². The molecule has 0 spiro atoms. The topological polar surface area (TPSA) is 30.2 Å². The minimum absolute atomic E-state index is 0.0682. The summed E-state index contributed by atoms with van der Waals surface area (Å²) in [6, 6.07) is 9.50. The molecule has 0 bridgehead atoms. The molecule has 0 unspecified atom stereocenters. The van der Waals surface area contributed by atoms with E-state index in [9.17, 15) is 4.79 Å². The fraction of sp³-hybridized carbons (Fsp3) is 0.0714. The molecule has 0 amide bonds. The number of carbonyl (C=O) groups is 1. The second-order valence-corrected chi connectivity index (χ2v) is 5.89. The molecule has 3 aromatic rings. The van der Waals surface area contributed by atoms with E-state index in [-0.39, 0.29) is 5.78 Å². The van der Waals surface area contributed by atoms with Gasteiger partial charge in [0.1, 0.15) is 5.58 Å². The van der Waals surface area contributed by atoms with Gasteiger partial charge in [-0.15, -0.1) is 11.3 Å². The van der Waals surface area contributed by atoms with Gasteiger partial charge in [-0.05, 0) is 40.5 Å². The van der Waals surface area contributed by atoms with E-state index in [1.54, 1.807) is 6.07 Å². The number of furan rings is 1. The maximum absolute atomic E-state index is 12.2. The summed E-state index contributed by atoms with van der Waals surface area (Å²) in [5.74, 6) is 0.329. The molecule has 2 nitrogen and oxygen atoms in total. The number of hydrogen-bond acceptors (Lipinski definition) is 3. The molecule has 0 aliphatic carbocycles. The number of carbonyl (C=O) groups excluding carboxylic acids is 1. The first kappa shape index (κ1) is 11.7. The number of benzene rings is 1. The molecule has 3 rings (SSSR count). The predicted octanol–water partition coefficient (Wildman–Crippen LogP) is 4.80. The molecule has 0 saturated carbocycles. The van der Waals surface area contributed by atoms with Gasteiger partial charge in [0.2, 0.25) is 5.78 Å². The van der Waals surface area contributed by atoms with Crippen molar-refractivity contribution < 1.29 is 9.21 Å². The van der Waals surface area contributed by atoms with Gasteiger partial charge in [0.05, 0.1) is 4.88 Å². The quantitative estimate of drug-likeness (QED) is 0.635. The zero-order valence-electron chi connectivity index (χ0n) is 9.57. The zero-order valence-corrected chi connectivity index (χ0v) is 12.0. The number of thiophene rings is 1. The van der Waals surface area contributed by atoms with Crippen molar-refractivity contribution in [2.24, 2.45) is 0 Å². The van der Waals surface area contributed by atoms with Crippen LogP contribution >= 0.6 is 27.3 Å². The Morgan fingerprint density at radius 1 is 1.33 bits per heavy atom.